The number of methoxy groups -OCH3 is 2. The molecule has 3 rings (SSSR count). The number of ether oxygens (including phenoxy) is 2. The standard InChI is InChI=1S/C17H16N2O2.C5H10O/c1-3-4-12-9-18-17-14(12)7-13(10-19-17)11-5-6-15(20)16(8-11)21-2;1-4-5(2)6-3/h3-10,20H,1-2H3,(H,18,19);4H,1-3H3/b4-3+;5-4+. The fourth-order valence-corrected chi connectivity index (χ4v) is 2.47. The smallest absolute Gasteiger partial charge is 0.161 e. The van der Waals surface area contributed by atoms with Gasteiger partial charge in [0.25, 0.3) is 0 Å². The number of H-pyrrole nitrogens is 1. The Morgan fingerprint density at radius 3 is 2.52 bits per heavy atom. The molecule has 1 aromatic carbocycles. The van der Waals surface area contributed by atoms with Gasteiger partial charge in [0.05, 0.1) is 20.0 Å². The Morgan fingerprint density at radius 2 is 1.93 bits per heavy atom. The van der Waals surface area contributed by atoms with Crippen LogP contribution in [-0.4, -0.2) is 29.3 Å². The number of aromatic amines is 1. The second-order valence-electron chi connectivity index (χ2n) is 5.85. The van der Waals surface area contributed by atoms with Gasteiger partial charge < -0.3 is 19.6 Å². The van der Waals surface area contributed by atoms with Crippen LogP contribution in [0.3, 0.4) is 0 Å². The lowest BCUT2D eigenvalue weighted by atomic mass is 10.0. The summed E-state index contributed by atoms with van der Waals surface area (Å²) >= 11 is 0. The third kappa shape index (κ3) is 4.91. The zero-order valence-electron chi connectivity index (χ0n) is 16.4. The molecule has 0 aliphatic carbocycles. The van der Waals surface area contributed by atoms with Crippen LogP contribution in [0.2, 0.25) is 0 Å². The minimum atomic E-state index is 0.131. The second kappa shape index (κ2) is 9.48. The van der Waals surface area contributed by atoms with Crippen LogP contribution in [0.15, 0.2) is 54.6 Å². The summed E-state index contributed by atoms with van der Waals surface area (Å²) < 4.78 is 9.91. The van der Waals surface area contributed by atoms with Crippen molar-refractivity contribution in [2.75, 3.05) is 14.2 Å². The van der Waals surface area contributed by atoms with Crippen molar-refractivity contribution in [3.05, 3.63) is 60.1 Å². The van der Waals surface area contributed by atoms with E-state index in [0.29, 0.717) is 5.75 Å². The van der Waals surface area contributed by atoms with Gasteiger partial charge in [-0.15, -0.1) is 0 Å². The Labute approximate surface area is 160 Å². The molecule has 2 heterocycles. The molecule has 5 heteroatoms. The maximum atomic E-state index is 9.68. The first-order chi connectivity index (χ1) is 13.0. The summed E-state index contributed by atoms with van der Waals surface area (Å²) in [4.78, 5) is 7.60. The van der Waals surface area contributed by atoms with Crippen LogP contribution in [0, 0.1) is 0 Å². The lowest BCUT2D eigenvalue weighted by Crippen LogP contribution is -1.86. The van der Waals surface area contributed by atoms with E-state index in [4.69, 9.17) is 9.47 Å². The van der Waals surface area contributed by atoms with Gasteiger partial charge in [0, 0.05) is 28.9 Å². The Bertz CT molecular complexity index is 955. The van der Waals surface area contributed by atoms with Crippen molar-refractivity contribution < 1.29 is 14.6 Å². The normalized spacial score (nSPS) is 11.4. The van der Waals surface area contributed by atoms with Crippen molar-refractivity contribution in [1.82, 2.24) is 9.97 Å². The number of rotatable bonds is 4. The molecular weight excluding hydrogens is 340 g/mol. The number of allylic oxidation sites excluding steroid dienone is 3. The highest BCUT2D eigenvalue weighted by Crippen LogP contribution is 2.32. The maximum Gasteiger partial charge on any atom is 0.161 e. The zero-order valence-corrected chi connectivity index (χ0v) is 16.4. The number of aromatic nitrogens is 2. The number of phenols is 1. The van der Waals surface area contributed by atoms with Crippen molar-refractivity contribution in [3.8, 4) is 22.6 Å². The molecule has 0 saturated heterocycles. The highest BCUT2D eigenvalue weighted by molar-refractivity contribution is 5.89. The van der Waals surface area contributed by atoms with Crippen LogP contribution in [0.25, 0.3) is 28.2 Å². The Morgan fingerprint density at radius 1 is 1.15 bits per heavy atom. The van der Waals surface area contributed by atoms with Crippen molar-refractivity contribution in [3.63, 3.8) is 0 Å². The summed E-state index contributed by atoms with van der Waals surface area (Å²) in [6.07, 6.45) is 9.71. The third-order valence-corrected chi connectivity index (χ3v) is 4.15. The zero-order chi connectivity index (χ0) is 19.8. The average Bonchev–Trinajstić information content (AvgIpc) is 3.10. The first kappa shape index (κ1) is 20.1. The second-order valence-corrected chi connectivity index (χ2v) is 5.85. The first-order valence-corrected chi connectivity index (χ1v) is 8.68. The lowest BCUT2D eigenvalue weighted by molar-refractivity contribution is 0.293. The molecule has 0 spiro atoms. The van der Waals surface area contributed by atoms with Crippen LogP contribution in [-0.2, 0) is 4.74 Å². The number of fused-ring (bicyclic) bond motifs is 1. The molecule has 0 radical (unpaired) electrons. The predicted octanol–water partition coefficient (Wildman–Crippen LogP) is 5.53. The quantitative estimate of drug-likeness (QED) is 0.596. The van der Waals surface area contributed by atoms with Gasteiger partial charge >= 0.3 is 0 Å². The number of benzene rings is 1. The molecule has 2 N–H and O–H groups in total. The van der Waals surface area contributed by atoms with Gasteiger partial charge in [-0.25, -0.2) is 4.98 Å². The largest absolute Gasteiger partial charge is 0.504 e. The SMILES string of the molecule is C/C=C(\C)OC.C/C=C/c1c[nH]c2ncc(-c3ccc(O)c(OC)c3)cc12. The van der Waals surface area contributed by atoms with Gasteiger partial charge in [-0.1, -0.05) is 24.3 Å². The van der Waals surface area contributed by atoms with E-state index in [1.165, 1.54) is 7.11 Å². The van der Waals surface area contributed by atoms with E-state index < -0.39 is 0 Å². The molecule has 0 atom stereocenters. The minimum absolute atomic E-state index is 0.131. The predicted molar refractivity (Wildman–Crippen MR) is 111 cm³/mol. The molecule has 5 nitrogen and oxygen atoms in total. The highest BCUT2D eigenvalue weighted by atomic mass is 16.5. The number of nitrogens with one attached hydrogen (secondary N) is 1. The van der Waals surface area contributed by atoms with Crippen molar-refractivity contribution in [2.45, 2.75) is 20.8 Å². The molecule has 0 aliphatic heterocycles. The van der Waals surface area contributed by atoms with Crippen molar-refractivity contribution in [1.29, 1.82) is 0 Å². The number of nitrogens with zero attached hydrogens (tertiary/aromatic N) is 1. The summed E-state index contributed by atoms with van der Waals surface area (Å²) in [5, 5.41) is 10.7. The van der Waals surface area contributed by atoms with Gasteiger partial charge in [-0.3, -0.25) is 0 Å². The molecule has 0 unspecified atom stereocenters. The topological polar surface area (TPSA) is 67.4 Å². The van der Waals surface area contributed by atoms with E-state index in [0.717, 1.165) is 33.5 Å². The Kier molecular flexibility index (Phi) is 7.06. The Hall–Kier alpha value is -3.21. The number of pyridine rings is 1. The molecule has 27 heavy (non-hydrogen) atoms. The summed E-state index contributed by atoms with van der Waals surface area (Å²) in [5.74, 6) is 1.55. The maximum absolute atomic E-state index is 9.68. The number of hydrogen-bond acceptors (Lipinski definition) is 4. The van der Waals surface area contributed by atoms with E-state index in [-0.39, 0.29) is 5.75 Å². The third-order valence-electron chi connectivity index (χ3n) is 4.15. The number of hydrogen-bond donors (Lipinski definition) is 2. The van der Waals surface area contributed by atoms with Gasteiger partial charge in [-0.05, 0) is 44.5 Å². The molecule has 3 aromatic rings. The van der Waals surface area contributed by atoms with Crippen LogP contribution in [0.1, 0.15) is 26.3 Å². The van der Waals surface area contributed by atoms with Crippen molar-refractivity contribution in [2.24, 2.45) is 0 Å². The van der Waals surface area contributed by atoms with E-state index in [1.54, 1.807) is 19.2 Å². The van der Waals surface area contributed by atoms with E-state index >= 15 is 0 Å². The Balaban J connectivity index is 0.000000380. The van der Waals surface area contributed by atoms with E-state index in [9.17, 15) is 5.11 Å². The van der Waals surface area contributed by atoms with Gasteiger partial charge in [0.1, 0.15) is 5.65 Å². The number of aromatic hydroxyl groups is 1. The highest BCUT2D eigenvalue weighted by Gasteiger charge is 2.08. The van der Waals surface area contributed by atoms with Crippen molar-refractivity contribution >= 4 is 17.1 Å². The van der Waals surface area contributed by atoms with E-state index in [2.05, 4.69) is 16.0 Å². The molecule has 142 valence electrons. The summed E-state index contributed by atoms with van der Waals surface area (Å²) in [6, 6.07) is 7.37. The molecule has 0 aliphatic rings. The summed E-state index contributed by atoms with van der Waals surface area (Å²) in [5.41, 5.74) is 3.89. The monoisotopic (exact) mass is 366 g/mol. The summed E-state index contributed by atoms with van der Waals surface area (Å²) in [6.45, 7) is 5.85. The molecule has 2 aromatic heterocycles. The van der Waals surface area contributed by atoms with Crippen LogP contribution < -0.4 is 4.74 Å². The number of phenolic OH excluding ortho intramolecular Hbond substituents is 1. The molecule has 0 bridgehead atoms. The molecular formula is C22H26N2O3. The fraction of sp³-hybridized carbons (Fsp3) is 0.227. The van der Waals surface area contributed by atoms with Crippen LogP contribution in [0.4, 0.5) is 0 Å². The van der Waals surface area contributed by atoms with E-state index in [1.807, 2.05) is 57.5 Å². The molecule has 0 fully saturated rings. The fourth-order valence-electron chi connectivity index (χ4n) is 2.47. The van der Waals surface area contributed by atoms with Crippen LogP contribution in [0.5, 0.6) is 11.5 Å². The first-order valence-electron chi connectivity index (χ1n) is 8.68. The van der Waals surface area contributed by atoms with Gasteiger partial charge in [0.15, 0.2) is 11.5 Å². The summed E-state index contributed by atoms with van der Waals surface area (Å²) in [7, 11) is 3.20. The minimum Gasteiger partial charge on any atom is -0.504 e. The van der Waals surface area contributed by atoms with Gasteiger partial charge in [-0.2, -0.15) is 0 Å². The average molecular weight is 366 g/mol. The van der Waals surface area contributed by atoms with Gasteiger partial charge in [0.2, 0.25) is 0 Å². The molecule has 0 amide bonds. The lowest BCUT2D eigenvalue weighted by Gasteiger charge is -2.07. The van der Waals surface area contributed by atoms with Crippen LogP contribution >= 0.6 is 0 Å². The molecule has 0 saturated carbocycles.